The topological polar surface area (TPSA) is 32.3 Å². The van der Waals surface area contributed by atoms with Crippen LogP contribution < -0.4 is 5.32 Å². The van der Waals surface area contributed by atoms with Gasteiger partial charge < -0.3 is 10.4 Å². The van der Waals surface area contributed by atoms with E-state index in [1.807, 2.05) is 6.92 Å². The Hall–Kier alpha value is -0.340. The summed E-state index contributed by atoms with van der Waals surface area (Å²) in [6.45, 7) is 2.29. The van der Waals surface area contributed by atoms with E-state index in [-0.39, 0.29) is 12.6 Å². The fourth-order valence-corrected chi connectivity index (χ4v) is 2.39. The molecule has 4 atom stereocenters. The SMILES string of the molecule is CC(CO)NC1C[C@@H]2C=C[C@H]1C2. The van der Waals surface area contributed by atoms with Crippen LogP contribution in [-0.2, 0) is 0 Å². The van der Waals surface area contributed by atoms with E-state index < -0.39 is 0 Å². The first kappa shape index (κ1) is 8.27. The van der Waals surface area contributed by atoms with Gasteiger partial charge in [-0.1, -0.05) is 12.2 Å². The average Bonchev–Trinajstić information content (AvgIpc) is 2.64. The van der Waals surface area contributed by atoms with Gasteiger partial charge in [-0.25, -0.2) is 0 Å². The Bertz CT molecular complexity index is 190. The highest BCUT2D eigenvalue weighted by Crippen LogP contribution is 2.38. The Morgan fingerprint density at radius 3 is 2.83 bits per heavy atom. The Balaban J connectivity index is 1.87. The second kappa shape index (κ2) is 3.19. The van der Waals surface area contributed by atoms with Gasteiger partial charge in [-0.05, 0) is 31.6 Å². The van der Waals surface area contributed by atoms with E-state index >= 15 is 0 Å². The summed E-state index contributed by atoms with van der Waals surface area (Å²) in [6.07, 6.45) is 7.27. The molecule has 0 radical (unpaired) electrons. The number of hydrogen-bond acceptors (Lipinski definition) is 2. The molecule has 2 aliphatic carbocycles. The molecule has 0 amide bonds. The van der Waals surface area contributed by atoms with E-state index in [9.17, 15) is 0 Å². The van der Waals surface area contributed by atoms with Crippen molar-refractivity contribution in [2.45, 2.75) is 31.8 Å². The normalized spacial score (nSPS) is 40.7. The van der Waals surface area contributed by atoms with Crippen LogP contribution in [0.15, 0.2) is 12.2 Å². The molecule has 2 unspecified atom stereocenters. The summed E-state index contributed by atoms with van der Waals surface area (Å²) in [5.74, 6) is 1.56. The van der Waals surface area contributed by atoms with Crippen molar-refractivity contribution < 1.29 is 5.11 Å². The van der Waals surface area contributed by atoms with Crippen molar-refractivity contribution >= 4 is 0 Å². The van der Waals surface area contributed by atoms with Crippen LogP contribution in [0.2, 0.25) is 0 Å². The molecule has 2 aliphatic rings. The summed E-state index contributed by atoms with van der Waals surface area (Å²) in [5.41, 5.74) is 0. The standard InChI is InChI=1S/C10H17NO/c1-7(6-12)11-10-5-8-2-3-9(10)4-8/h2-3,7-12H,4-6H2,1H3/t7?,8-,9+,10?/m1/s1. The Morgan fingerprint density at radius 2 is 2.33 bits per heavy atom. The largest absolute Gasteiger partial charge is 0.395 e. The second-order valence-corrected chi connectivity index (χ2v) is 4.14. The molecule has 2 nitrogen and oxygen atoms in total. The zero-order valence-corrected chi connectivity index (χ0v) is 7.53. The lowest BCUT2D eigenvalue weighted by Crippen LogP contribution is -2.40. The minimum absolute atomic E-state index is 0.248. The minimum atomic E-state index is 0.248. The number of allylic oxidation sites excluding steroid dienone is 1. The summed E-state index contributed by atoms with van der Waals surface area (Å²) < 4.78 is 0. The summed E-state index contributed by atoms with van der Waals surface area (Å²) in [4.78, 5) is 0. The fourth-order valence-electron chi connectivity index (χ4n) is 2.39. The van der Waals surface area contributed by atoms with Crippen LogP contribution in [0.3, 0.4) is 0 Å². The van der Waals surface area contributed by atoms with Crippen LogP contribution in [0.1, 0.15) is 19.8 Å². The van der Waals surface area contributed by atoms with Gasteiger partial charge in [0.1, 0.15) is 0 Å². The highest BCUT2D eigenvalue weighted by atomic mass is 16.3. The lowest BCUT2D eigenvalue weighted by atomic mass is 10.0. The molecule has 1 saturated carbocycles. The van der Waals surface area contributed by atoms with Gasteiger partial charge in [-0.2, -0.15) is 0 Å². The maximum absolute atomic E-state index is 8.88. The number of nitrogens with one attached hydrogen (secondary N) is 1. The molecular formula is C10H17NO. The Morgan fingerprint density at radius 1 is 1.50 bits per heavy atom. The molecule has 2 heteroatoms. The maximum Gasteiger partial charge on any atom is 0.0582 e. The number of aliphatic hydroxyl groups is 1. The van der Waals surface area contributed by atoms with Crippen LogP contribution in [0.4, 0.5) is 0 Å². The quantitative estimate of drug-likeness (QED) is 0.613. The highest BCUT2D eigenvalue weighted by molar-refractivity contribution is 5.12. The zero-order valence-electron chi connectivity index (χ0n) is 7.53. The first-order valence-corrected chi connectivity index (χ1v) is 4.85. The van der Waals surface area contributed by atoms with Gasteiger partial charge in [0.2, 0.25) is 0 Å². The Kier molecular flexibility index (Phi) is 2.20. The van der Waals surface area contributed by atoms with E-state index in [0.717, 1.165) is 11.8 Å². The average molecular weight is 167 g/mol. The molecule has 2 N–H and O–H groups in total. The van der Waals surface area contributed by atoms with Crippen LogP contribution >= 0.6 is 0 Å². The predicted molar refractivity (Wildman–Crippen MR) is 48.8 cm³/mol. The molecule has 1 fully saturated rings. The Labute approximate surface area is 73.7 Å². The molecule has 0 aromatic rings. The zero-order chi connectivity index (χ0) is 8.55. The lowest BCUT2D eigenvalue weighted by Gasteiger charge is -2.23. The molecule has 0 aliphatic heterocycles. The van der Waals surface area contributed by atoms with Crippen molar-refractivity contribution in [3.63, 3.8) is 0 Å². The van der Waals surface area contributed by atoms with Gasteiger partial charge in [0, 0.05) is 12.1 Å². The summed E-state index contributed by atoms with van der Waals surface area (Å²) in [7, 11) is 0. The van der Waals surface area contributed by atoms with Gasteiger partial charge in [0.25, 0.3) is 0 Å². The van der Waals surface area contributed by atoms with Crippen molar-refractivity contribution in [2.24, 2.45) is 11.8 Å². The smallest absolute Gasteiger partial charge is 0.0582 e. The van der Waals surface area contributed by atoms with Crippen molar-refractivity contribution in [3.05, 3.63) is 12.2 Å². The van der Waals surface area contributed by atoms with Gasteiger partial charge in [-0.15, -0.1) is 0 Å². The molecule has 0 spiro atoms. The van der Waals surface area contributed by atoms with Crippen LogP contribution in [0, 0.1) is 11.8 Å². The molecule has 2 bridgehead atoms. The summed E-state index contributed by atoms with van der Waals surface area (Å²) in [5, 5.41) is 12.3. The molecular weight excluding hydrogens is 150 g/mol. The van der Waals surface area contributed by atoms with Crippen molar-refractivity contribution in [3.8, 4) is 0 Å². The number of aliphatic hydroxyl groups excluding tert-OH is 1. The maximum atomic E-state index is 8.88. The predicted octanol–water partition coefficient (Wildman–Crippen LogP) is 0.921. The third kappa shape index (κ3) is 1.41. The van der Waals surface area contributed by atoms with Gasteiger partial charge in [0.15, 0.2) is 0 Å². The lowest BCUT2D eigenvalue weighted by molar-refractivity contribution is 0.234. The molecule has 0 aromatic carbocycles. The van der Waals surface area contributed by atoms with E-state index in [0.29, 0.717) is 6.04 Å². The van der Waals surface area contributed by atoms with Gasteiger partial charge in [0.05, 0.1) is 6.61 Å². The number of rotatable bonds is 3. The van der Waals surface area contributed by atoms with E-state index in [4.69, 9.17) is 5.11 Å². The van der Waals surface area contributed by atoms with Gasteiger partial charge >= 0.3 is 0 Å². The minimum Gasteiger partial charge on any atom is -0.395 e. The van der Waals surface area contributed by atoms with Crippen molar-refractivity contribution in [1.29, 1.82) is 0 Å². The van der Waals surface area contributed by atoms with Crippen molar-refractivity contribution in [1.82, 2.24) is 5.32 Å². The fraction of sp³-hybridized carbons (Fsp3) is 0.800. The first-order valence-electron chi connectivity index (χ1n) is 4.85. The van der Waals surface area contributed by atoms with E-state index in [1.54, 1.807) is 0 Å². The van der Waals surface area contributed by atoms with E-state index in [1.165, 1.54) is 12.8 Å². The van der Waals surface area contributed by atoms with Crippen LogP contribution in [-0.4, -0.2) is 23.8 Å². The van der Waals surface area contributed by atoms with Gasteiger partial charge in [-0.3, -0.25) is 0 Å². The van der Waals surface area contributed by atoms with Crippen molar-refractivity contribution in [2.75, 3.05) is 6.61 Å². The number of fused-ring (bicyclic) bond motifs is 2. The molecule has 68 valence electrons. The van der Waals surface area contributed by atoms with Crippen LogP contribution in [0.5, 0.6) is 0 Å². The summed E-state index contributed by atoms with van der Waals surface area (Å²) >= 11 is 0. The monoisotopic (exact) mass is 167 g/mol. The number of hydrogen-bond donors (Lipinski definition) is 2. The molecule has 12 heavy (non-hydrogen) atoms. The molecule has 0 saturated heterocycles. The third-order valence-corrected chi connectivity index (χ3v) is 3.05. The molecule has 0 aromatic heterocycles. The van der Waals surface area contributed by atoms with Crippen LogP contribution in [0.25, 0.3) is 0 Å². The molecule has 2 rings (SSSR count). The first-order chi connectivity index (χ1) is 5.79. The van der Waals surface area contributed by atoms with E-state index in [2.05, 4.69) is 17.5 Å². The molecule has 0 heterocycles. The summed E-state index contributed by atoms with van der Waals surface area (Å²) in [6, 6.07) is 0.880. The second-order valence-electron chi connectivity index (χ2n) is 4.14. The third-order valence-electron chi connectivity index (χ3n) is 3.05. The highest BCUT2D eigenvalue weighted by Gasteiger charge is 2.35.